The van der Waals surface area contributed by atoms with Crippen LogP contribution in [0.15, 0.2) is 24.3 Å². The van der Waals surface area contributed by atoms with E-state index in [1.54, 1.807) is 25.2 Å². The van der Waals surface area contributed by atoms with Crippen LogP contribution in [0.2, 0.25) is 0 Å². The number of nitrogens with two attached hydrogens (primary N) is 1. The number of carbonyl (C=O) groups is 1. The SMILES string of the molecule is CN(C(=O)C1(N)CC1)c1ccccc1F. The zero-order chi connectivity index (χ0) is 11.1. The van der Waals surface area contributed by atoms with Gasteiger partial charge in [0.25, 0.3) is 0 Å². The van der Waals surface area contributed by atoms with Gasteiger partial charge in [-0.05, 0) is 25.0 Å². The lowest BCUT2D eigenvalue weighted by molar-refractivity contribution is -0.120. The van der Waals surface area contributed by atoms with Crippen LogP contribution in [0.25, 0.3) is 0 Å². The predicted octanol–water partition coefficient (Wildman–Crippen LogP) is 1.28. The molecule has 0 aliphatic heterocycles. The summed E-state index contributed by atoms with van der Waals surface area (Å²) < 4.78 is 13.4. The maximum Gasteiger partial charge on any atom is 0.246 e. The highest BCUT2D eigenvalue weighted by molar-refractivity contribution is 6.01. The Bertz CT molecular complexity index is 401. The molecule has 0 spiro atoms. The van der Waals surface area contributed by atoms with Gasteiger partial charge in [0.1, 0.15) is 5.82 Å². The van der Waals surface area contributed by atoms with Gasteiger partial charge < -0.3 is 10.6 Å². The molecule has 0 aromatic heterocycles. The number of para-hydroxylation sites is 1. The van der Waals surface area contributed by atoms with Gasteiger partial charge in [0.15, 0.2) is 0 Å². The lowest BCUT2D eigenvalue weighted by Gasteiger charge is -2.21. The molecular weight excluding hydrogens is 195 g/mol. The largest absolute Gasteiger partial charge is 0.317 e. The Balaban J connectivity index is 2.24. The van der Waals surface area contributed by atoms with Gasteiger partial charge in [0.05, 0.1) is 11.2 Å². The van der Waals surface area contributed by atoms with Gasteiger partial charge in [-0.2, -0.15) is 0 Å². The van der Waals surface area contributed by atoms with Gasteiger partial charge in [-0.15, -0.1) is 0 Å². The first kappa shape index (κ1) is 10.1. The van der Waals surface area contributed by atoms with Crippen molar-refractivity contribution in [1.82, 2.24) is 0 Å². The lowest BCUT2D eigenvalue weighted by atomic mass is 10.2. The molecule has 1 amide bonds. The van der Waals surface area contributed by atoms with Crippen LogP contribution in [-0.4, -0.2) is 18.5 Å². The zero-order valence-corrected chi connectivity index (χ0v) is 8.53. The first-order valence-corrected chi connectivity index (χ1v) is 4.86. The summed E-state index contributed by atoms with van der Waals surface area (Å²) in [4.78, 5) is 13.1. The number of benzene rings is 1. The molecule has 0 saturated heterocycles. The van der Waals surface area contributed by atoms with Gasteiger partial charge in [0, 0.05) is 7.05 Å². The van der Waals surface area contributed by atoms with Crippen molar-refractivity contribution in [3.63, 3.8) is 0 Å². The average Bonchev–Trinajstić information content (AvgIpc) is 2.96. The van der Waals surface area contributed by atoms with Crippen molar-refractivity contribution in [1.29, 1.82) is 0 Å². The molecule has 80 valence electrons. The predicted molar refractivity (Wildman–Crippen MR) is 56.0 cm³/mol. The van der Waals surface area contributed by atoms with Crippen LogP contribution in [0, 0.1) is 5.82 Å². The molecule has 0 heterocycles. The van der Waals surface area contributed by atoms with E-state index in [0.29, 0.717) is 12.8 Å². The standard InChI is InChI=1S/C11H13FN2O/c1-14(10(15)11(13)6-7-11)9-5-3-2-4-8(9)12/h2-5H,6-7,13H2,1H3. The van der Waals surface area contributed by atoms with E-state index >= 15 is 0 Å². The number of rotatable bonds is 2. The van der Waals surface area contributed by atoms with Gasteiger partial charge >= 0.3 is 0 Å². The van der Waals surface area contributed by atoms with E-state index in [0.717, 1.165) is 0 Å². The average molecular weight is 208 g/mol. The maximum absolute atomic E-state index is 13.4. The van der Waals surface area contributed by atoms with Crippen molar-refractivity contribution < 1.29 is 9.18 Å². The van der Waals surface area contributed by atoms with Gasteiger partial charge in [-0.3, -0.25) is 4.79 Å². The van der Waals surface area contributed by atoms with E-state index in [1.165, 1.54) is 11.0 Å². The second-order valence-electron chi connectivity index (χ2n) is 3.97. The van der Waals surface area contributed by atoms with E-state index < -0.39 is 11.4 Å². The summed E-state index contributed by atoms with van der Waals surface area (Å²) in [6.45, 7) is 0. The minimum atomic E-state index is -0.753. The zero-order valence-electron chi connectivity index (χ0n) is 8.53. The van der Waals surface area contributed by atoms with Crippen LogP contribution in [-0.2, 0) is 4.79 Å². The summed E-state index contributed by atoms with van der Waals surface area (Å²) in [5, 5.41) is 0. The van der Waals surface area contributed by atoms with Crippen LogP contribution >= 0.6 is 0 Å². The fraction of sp³-hybridized carbons (Fsp3) is 0.364. The summed E-state index contributed by atoms with van der Waals surface area (Å²) in [6, 6.07) is 6.18. The molecule has 0 bridgehead atoms. The summed E-state index contributed by atoms with van der Waals surface area (Å²) in [6.07, 6.45) is 1.37. The fourth-order valence-electron chi connectivity index (χ4n) is 1.52. The number of amides is 1. The highest BCUT2D eigenvalue weighted by atomic mass is 19.1. The summed E-state index contributed by atoms with van der Waals surface area (Å²) in [5.74, 6) is -0.620. The van der Waals surface area contributed by atoms with E-state index in [9.17, 15) is 9.18 Å². The Morgan fingerprint density at radius 1 is 1.47 bits per heavy atom. The Morgan fingerprint density at radius 2 is 2.07 bits per heavy atom. The quantitative estimate of drug-likeness (QED) is 0.795. The second kappa shape index (κ2) is 3.31. The van der Waals surface area contributed by atoms with Crippen molar-refractivity contribution in [2.45, 2.75) is 18.4 Å². The third-order valence-electron chi connectivity index (χ3n) is 2.73. The van der Waals surface area contributed by atoms with Crippen molar-refractivity contribution in [2.24, 2.45) is 5.73 Å². The first-order valence-electron chi connectivity index (χ1n) is 4.86. The Labute approximate surface area is 87.7 Å². The molecule has 0 unspecified atom stereocenters. The van der Waals surface area contributed by atoms with Crippen molar-refractivity contribution >= 4 is 11.6 Å². The van der Waals surface area contributed by atoms with Crippen LogP contribution in [0.4, 0.5) is 10.1 Å². The molecule has 4 heteroatoms. The molecule has 2 rings (SSSR count). The number of anilines is 1. The molecule has 1 aliphatic rings. The molecule has 2 N–H and O–H groups in total. The van der Waals surface area contributed by atoms with E-state index in [-0.39, 0.29) is 11.6 Å². The molecule has 1 aromatic carbocycles. The monoisotopic (exact) mass is 208 g/mol. The molecule has 15 heavy (non-hydrogen) atoms. The van der Waals surface area contributed by atoms with Gasteiger partial charge in [0.2, 0.25) is 5.91 Å². The molecular formula is C11H13FN2O. The Kier molecular flexibility index (Phi) is 2.23. The summed E-state index contributed by atoms with van der Waals surface area (Å²) in [7, 11) is 1.55. The summed E-state index contributed by atoms with van der Waals surface area (Å²) >= 11 is 0. The minimum absolute atomic E-state index is 0.215. The molecule has 0 atom stereocenters. The number of likely N-dealkylation sites (N-methyl/N-ethyl adjacent to an activating group) is 1. The van der Waals surface area contributed by atoms with E-state index in [4.69, 9.17) is 5.73 Å². The third kappa shape index (κ3) is 1.72. The van der Waals surface area contributed by atoms with Crippen LogP contribution < -0.4 is 10.6 Å². The number of carbonyl (C=O) groups excluding carboxylic acids is 1. The van der Waals surface area contributed by atoms with Crippen LogP contribution in [0.1, 0.15) is 12.8 Å². The highest BCUT2D eigenvalue weighted by Gasteiger charge is 2.47. The van der Waals surface area contributed by atoms with Crippen LogP contribution in [0.3, 0.4) is 0 Å². The van der Waals surface area contributed by atoms with E-state index in [1.807, 2.05) is 0 Å². The topological polar surface area (TPSA) is 46.3 Å². The number of nitrogens with zero attached hydrogens (tertiary/aromatic N) is 1. The number of hydrogen-bond acceptors (Lipinski definition) is 2. The van der Waals surface area contributed by atoms with Crippen LogP contribution in [0.5, 0.6) is 0 Å². The first-order chi connectivity index (χ1) is 7.04. The molecule has 3 nitrogen and oxygen atoms in total. The Hall–Kier alpha value is -1.42. The smallest absolute Gasteiger partial charge is 0.246 e. The normalized spacial score (nSPS) is 17.3. The van der Waals surface area contributed by atoms with Gasteiger partial charge in [-0.25, -0.2) is 4.39 Å². The molecule has 1 fully saturated rings. The fourth-order valence-corrected chi connectivity index (χ4v) is 1.52. The molecule has 1 saturated carbocycles. The van der Waals surface area contributed by atoms with E-state index in [2.05, 4.69) is 0 Å². The highest BCUT2D eigenvalue weighted by Crippen LogP contribution is 2.35. The van der Waals surface area contributed by atoms with Gasteiger partial charge in [-0.1, -0.05) is 12.1 Å². The molecule has 1 aliphatic carbocycles. The minimum Gasteiger partial charge on any atom is -0.317 e. The second-order valence-corrected chi connectivity index (χ2v) is 3.97. The lowest BCUT2D eigenvalue weighted by Crippen LogP contribution is -2.44. The van der Waals surface area contributed by atoms with Crippen molar-refractivity contribution in [3.8, 4) is 0 Å². The van der Waals surface area contributed by atoms with Crippen molar-refractivity contribution in [3.05, 3.63) is 30.1 Å². The maximum atomic E-state index is 13.4. The Morgan fingerprint density at radius 3 is 2.60 bits per heavy atom. The summed E-state index contributed by atoms with van der Waals surface area (Å²) in [5.41, 5.74) is 5.29. The third-order valence-corrected chi connectivity index (χ3v) is 2.73. The number of hydrogen-bond donors (Lipinski definition) is 1. The number of halogens is 1. The molecule has 1 aromatic rings. The van der Waals surface area contributed by atoms with Crippen molar-refractivity contribution in [2.75, 3.05) is 11.9 Å². The molecule has 0 radical (unpaired) electrons.